The number of likely N-dealkylation sites (tertiary alicyclic amines) is 1. The average molecular weight is 297 g/mol. The molecule has 2 saturated carbocycles. The van der Waals surface area contributed by atoms with Crippen molar-refractivity contribution in [2.24, 2.45) is 11.3 Å². The molecule has 0 amide bonds. The van der Waals surface area contributed by atoms with Gasteiger partial charge in [-0.3, -0.25) is 0 Å². The van der Waals surface area contributed by atoms with Crippen LogP contribution in [-0.2, 0) is 0 Å². The van der Waals surface area contributed by atoms with Crippen LogP contribution in [0, 0.1) is 18.3 Å². The van der Waals surface area contributed by atoms with Gasteiger partial charge in [0.1, 0.15) is 0 Å². The first-order valence-corrected chi connectivity index (χ1v) is 9.45. The molecule has 3 fully saturated rings. The van der Waals surface area contributed by atoms with Gasteiger partial charge in [-0.15, -0.1) is 0 Å². The molecule has 22 heavy (non-hydrogen) atoms. The van der Waals surface area contributed by atoms with Crippen LogP contribution < -0.4 is 0 Å². The molecule has 1 nitrogen and oxygen atoms in total. The first kappa shape index (κ1) is 14.8. The Bertz CT molecular complexity index is 507. The lowest BCUT2D eigenvalue weighted by molar-refractivity contribution is 0.139. The Morgan fingerprint density at radius 1 is 0.955 bits per heavy atom. The van der Waals surface area contributed by atoms with Gasteiger partial charge in [-0.1, -0.05) is 36.8 Å². The van der Waals surface area contributed by atoms with Crippen molar-refractivity contribution in [3.05, 3.63) is 35.4 Å². The van der Waals surface area contributed by atoms with E-state index in [-0.39, 0.29) is 0 Å². The molecule has 3 aliphatic rings. The molecule has 1 aromatic rings. The van der Waals surface area contributed by atoms with Gasteiger partial charge in [-0.25, -0.2) is 0 Å². The Morgan fingerprint density at radius 2 is 1.64 bits per heavy atom. The monoisotopic (exact) mass is 297 g/mol. The van der Waals surface area contributed by atoms with Gasteiger partial charge in [0.15, 0.2) is 0 Å². The highest BCUT2D eigenvalue weighted by molar-refractivity contribution is 5.25. The molecule has 1 saturated heterocycles. The maximum absolute atomic E-state index is 2.83. The highest BCUT2D eigenvalue weighted by atomic mass is 15.2. The van der Waals surface area contributed by atoms with E-state index >= 15 is 0 Å². The van der Waals surface area contributed by atoms with Crippen LogP contribution in [0.15, 0.2) is 24.3 Å². The van der Waals surface area contributed by atoms with Gasteiger partial charge in [0, 0.05) is 6.04 Å². The van der Waals surface area contributed by atoms with Crippen molar-refractivity contribution in [3.8, 4) is 0 Å². The summed E-state index contributed by atoms with van der Waals surface area (Å²) in [7, 11) is 0. The number of hydrogen-bond donors (Lipinski definition) is 0. The fourth-order valence-electron chi connectivity index (χ4n) is 5.14. The predicted octanol–water partition coefficient (Wildman–Crippen LogP) is 5.14. The molecule has 4 rings (SSSR count). The lowest BCUT2D eigenvalue weighted by Gasteiger charge is -2.37. The first-order valence-electron chi connectivity index (χ1n) is 9.45. The second-order valence-electron chi connectivity index (χ2n) is 8.55. The number of aryl methyl sites for hydroxylation is 1. The van der Waals surface area contributed by atoms with E-state index in [2.05, 4.69) is 43.0 Å². The molecule has 1 aliphatic heterocycles. The van der Waals surface area contributed by atoms with Crippen LogP contribution in [-0.4, -0.2) is 24.0 Å². The van der Waals surface area contributed by atoms with E-state index in [0.717, 1.165) is 17.9 Å². The topological polar surface area (TPSA) is 3.24 Å². The molecular weight excluding hydrogens is 266 g/mol. The van der Waals surface area contributed by atoms with Gasteiger partial charge in [-0.2, -0.15) is 0 Å². The van der Waals surface area contributed by atoms with E-state index < -0.39 is 0 Å². The van der Waals surface area contributed by atoms with E-state index in [1.165, 1.54) is 63.6 Å². The number of benzene rings is 1. The zero-order valence-electron chi connectivity index (χ0n) is 14.4. The summed E-state index contributed by atoms with van der Waals surface area (Å²) < 4.78 is 0. The van der Waals surface area contributed by atoms with Gasteiger partial charge in [0.25, 0.3) is 0 Å². The molecule has 0 spiro atoms. The molecule has 1 heteroatoms. The third-order valence-electron chi connectivity index (χ3n) is 6.91. The maximum atomic E-state index is 2.83. The quantitative estimate of drug-likeness (QED) is 0.746. The zero-order chi connectivity index (χ0) is 15.2. The van der Waals surface area contributed by atoms with Crippen molar-refractivity contribution in [3.63, 3.8) is 0 Å². The molecule has 2 aliphatic carbocycles. The lowest BCUT2D eigenvalue weighted by Crippen LogP contribution is -2.40. The summed E-state index contributed by atoms with van der Waals surface area (Å²) in [5.74, 6) is 1.87. The predicted molar refractivity (Wildman–Crippen MR) is 93.2 cm³/mol. The fourth-order valence-corrected chi connectivity index (χ4v) is 5.14. The molecule has 1 heterocycles. The van der Waals surface area contributed by atoms with E-state index in [4.69, 9.17) is 0 Å². The molecule has 0 aromatic heterocycles. The second kappa shape index (κ2) is 5.67. The lowest BCUT2D eigenvalue weighted by atomic mass is 9.82. The standard InChI is InChI=1S/C21H31N/c1-16-3-5-17(6-4-16)18-10-13-22(14-11-18)20-9-12-21(2,15-20)19-7-8-19/h3-6,18-20H,7-15H2,1-2H3. The Hall–Kier alpha value is -0.820. The third-order valence-corrected chi connectivity index (χ3v) is 6.91. The largest absolute Gasteiger partial charge is 0.300 e. The van der Waals surface area contributed by atoms with Crippen molar-refractivity contribution in [2.75, 3.05) is 13.1 Å². The zero-order valence-corrected chi connectivity index (χ0v) is 14.4. The van der Waals surface area contributed by atoms with E-state index in [1.807, 2.05) is 0 Å². The SMILES string of the molecule is Cc1ccc(C2CCN(C3CCC(C)(C4CC4)C3)CC2)cc1. The summed E-state index contributed by atoms with van der Waals surface area (Å²) >= 11 is 0. The highest BCUT2D eigenvalue weighted by Gasteiger charge is 2.47. The molecule has 2 atom stereocenters. The molecule has 0 radical (unpaired) electrons. The number of hydrogen-bond acceptors (Lipinski definition) is 1. The minimum atomic E-state index is 0.693. The van der Waals surface area contributed by atoms with Gasteiger partial charge < -0.3 is 4.90 Å². The number of rotatable bonds is 3. The Labute approximate surface area is 136 Å². The Kier molecular flexibility index (Phi) is 3.80. The molecule has 1 aromatic carbocycles. The van der Waals surface area contributed by atoms with E-state index in [0.29, 0.717) is 5.41 Å². The summed E-state index contributed by atoms with van der Waals surface area (Å²) in [4.78, 5) is 2.83. The minimum Gasteiger partial charge on any atom is -0.300 e. The third kappa shape index (κ3) is 2.85. The van der Waals surface area contributed by atoms with E-state index in [9.17, 15) is 0 Å². The van der Waals surface area contributed by atoms with Gasteiger partial charge >= 0.3 is 0 Å². The van der Waals surface area contributed by atoms with Gasteiger partial charge in [0.2, 0.25) is 0 Å². The summed E-state index contributed by atoms with van der Waals surface area (Å²) in [6, 6.07) is 10.2. The van der Waals surface area contributed by atoms with Gasteiger partial charge in [-0.05, 0) is 87.8 Å². The second-order valence-corrected chi connectivity index (χ2v) is 8.55. The van der Waals surface area contributed by atoms with Crippen LogP contribution in [0.4, 0.5) is 0 Å². The molecular formula is C21H31N. The van der Waals surface area contributed by atoms with Crippen LogP contribution in [0.5, 0.6) is 0 Å². The van der Waals surface area contributed by atoms with Crippen molar-refractivity contribution in [2.45, 2.75) is 70.8 Å². The summed E-state index contributed by atoms with van der Waals surface area (Å²) in [6.45, 7) is 7.40. The fraction of sp³-hybridized carbons (Fsp3) is 0.714. The maximum Gasteiger partial charge on any atom is 0.0101 e. The summed E-state index contributed by atoms with van der Waals surface area (Å²) in [5, 5.41) is 0. The van der Waals surface area contributed by atoms with Crippen molar-refractivity contribution >= 4 is 0 Å². The molecule has 0 N–H and O–H groups in total. The van der Waals surface area contributed by atoms with Crippen LogP contribution in [0.25, 0.3) is 0 Å². The molecule has 2 unspecified atom stereocenters. The Balaban J connectivity index is 1.33. The van der Waals surface area contributed by atoms with Crippen LogP contribution in [0.1, 0.15) is 68.9 Å². The van der Waals surface area contributed by atoms with E-state index in [1.54, 1.807) is 5.56 Å². The van der Waals surface area contributed by atoms with Crippen LogP contribution in [0.3, 0.4) is 0 Å². The Morgan fingerprint density at radius 3 is 2.27 bits per heavy atom. The van der Waals surface area contributed by atoms with Crippen molar-refractivity contribution < 1.29 is 0 Å². The number of nitrogens with zero attached hydrogens (tertiary/aromatic N) is 1. The number of piperidine rings is 1. The summed E-state index contributed by atoms with van der Waals surface area (Å²) in [5.41, 5.74) is 3.64. The average Bonchev–Trinajstić information content (AvgIpc) is 3.32. The normalized spacial score (nSPS) is 34.2. The van der Waals surface area contributed by atoms with Crippen molar-refractivity contribution in [1.29, 1.82) is 0 Å². The van der Waals surface area contributed by atoms with Crippen LogP contribution in [0.2, 0.25) is 0 Å². The first-order chi connectivity index (χ1) is 10.6. The minimum absolute atomic E-state index is 0.693. The van der Waals surface area contributed by atoms with Gasteiger partial charge in [0.05, 0.1) is 0 Å². The molecule has 120 valence electrons. The smallest absolute Gasteiger partial charge is 0.0101 e. The highest BCUT2D eigenvalue weighted by Crippen LogP contribution is 2.55. The summed E-state index contributed by atoms with van der Waals surface area (Å²) in [6.07, 6.45) is 10.2. The van der Waals surface area contributed by atoms with Crippen LogP contribution >= 0.6 is 0 Å². The molecule has 0 bridgehead atoms. The van der Waals surface area contributed by atoms with Crippen molar-refractivity contribution in [1.82, 2.24) is 4.90 Å².